The number of hydrogen-bond donors (Lipinski definition) is 1. The number of nitrogens with one attached hydrogen (secondary N) is 1. The standard InChI is InChI=1S/C12H16ClFN2O/c13-10-2-1-3-11(12(10)14)15-4-5-16-6-8-17-9-7-16/h1-3,15H,4-9H2. The van der Waals surface area contributed by atoms with Crippen LogP contribution in [-0.2, 0) is 4.74 Å². The maximum atomic E-state index is 13.5. The molecule has 0 bridgehead atoms. The lowest BCUT2D eigenvalue weighted by Gasteiger charge is -2.26. The Labute approximate surface area is 106 Å². The first kappa shape index (κ1) is 12.6. The van der Waals surface area contributed by atoms with E-state index in [1.807, 2.05) is 0 Å². The van der Waals surface area contributed by atoms with E-state index in [1.54, 1.807) is 18.2 Å². The molecule has 0 amide bonds. The zero-order valence-corrected chi connectivity index (χ0v) is 10.3. The van der Waals surface area contributed by atoms with Crippen LogP contribution in [0.1, 0.15) is 0 Å². The first-order valence-corrected chi connectivity index (χ1v) is 6.13. The first-order valence-electron chi connectivity index (χ1n) is 5.75. The van der Waals surface area contributed by atoms with Crippen molar-refractivity contribution in [2.24, 2.45) is 0 Å². The van der Waals surface area contributed by atoms with Gasteiger partial charge >= 0.3 is 0 Å². The average molecular weight is 259 g/mol. The van der Waals surface area contributed by atoms with Gasteiger partial charge in [-0.2, -0.15) is 0 Å². The van der Waals surface area contributed by atoms with Crippen molar-refractivity contribution in [3.8, 4) is 0 Å². The van der Waals surface area contributed by atoms with Gasteiger partial charge in [-0.3, -0.25) is 4.90 Å². The van der Waals surface area contributed by atoms with E-state index in [-0.39, 0.29) is 10.8 Å². The molecule has 3 nitrogen and oxygen atoms in total. The van der Waals surface area contributed by atoms with Gasteiger partial charge in [-0.15, -0.1) is 0 Å². The van der Waals surface area contributed by atoms with Gasteiger partial charge in [0, 0.05) is 26.2 Å². The lowest BCUT2D eigenvalue weighted by Crippen LogP contribution is -2.39. The molecule has 5 heteroatoms. The number of nitrogens with zero attached hydrogens (tertiary/aromatic N) is 1. The van der Waals surface area contributed by atoms with Crippen molar-refractivity contribution in [1.82, 2.24) is 4.90 Å². The van der Waals surface area contributed by atoms with E-state index >= 15 is 0 Å². The van der Waals surface area contributed by atoms with Crippen LogP contribution in [0, 0.1) is 5.82 Å². The van der Waals surface area contributed by atoms with Crippen LogP contribution in [0.2, 0.25) is 5.02 Å². The lowest BCUT2D eigenvalue weighted by atomic mass is 10.3. The summed E-state index contributed by atoms with van der Waals surface area (Å²) in [5, 5.41) is 3.21. The third-order valence-corrected chi connectivity index (χ3v) is 3.09. The molecule has 0 radical (unpaired) electrons. The molecule has 17 heavy (non-hydrogen) atoms. The number of benzene rings is 1. The Balaban J connectivity index is 1.79. The molecule has 1 aromatic carbocycles. The van der Waals surface area contributed by atoms with Crippen LogP contribution in [0.4, 0.5) is 10.1 Å². The molecular weight excluding hydrogens is 243 g/mol. The summed E-state index contributed by atoms with van der Waals surface area (Å²) >= 11 is 5.70. The monoisotopic (exact) mass is 258 g/mol. The number of hydrogen-bond acceptors (Lipinski definition) is 3. The highest BCUT2D eigenvalue weighted by molar-refractivity contribution is 6.31. The van der Waals surface area contributed by atoms with Crippen molar-refractivity contribution >= 4 is 17.3 Å². The van der Waals surface area contributed by atoms with Gasteiger partial charge in [-0.05, 0) is 12.1 Å². The van der Waals surface area contributed by atoms with Crippen LogP contribution in [0.3, 0.4) is 0 Å². The molecule has 1 heterocycles. The van der Waals surface area contributed by atoms with Gasteiger partial charge in [0.2, 0.25) is 0 Å². The Hall–Kier alpha value is -0.840. The van der Waals surface area contributed by atoms with Crippen molar-refractivity contribution in [3.63, 3.8) is 0 Å². The van der Waals surface area contributed by atoms with E-state index in [1.165, 1.54) is 0 Å². The summed E-state index contributed by atoms with van der Waals surface area (Å²) in [7, 11) is 0. The van der Waals surface area contributed by atoms with E-state index in [4.69, 9.17) is 16.3 Å². The molecule has 1 aromatic rings. The zero-order chi connectivity index (χ0) is 12.1. The molecule has 2 rings (SSSR count). The highest BCUT2D eigenvalue weighted by atomic mass is 35.5. The smallest absolute Gasteiger partial charge is 0.164 e. The van der Waals surface area contributed by atoms with Gasteiger partial charge in [0.05, 0.1) is 23.9 Å². The minimum Gasteiger partial charge on any atom is -0.381 e. The second-order valence-corrected chi connectivity index (χ2v) is 4.39. The maximum Gasteiger partial charge on any atom is 0.164 e. The number of anilines is 1. The summed E-state index contributed by atoms with van der Waals surface area (Å²) in [6.45, 7) is 5.04. The molecule has 1 aliphatic rings. The number of rotatable bonds is 4. The highest BCUT2D eigenvalue weighted by Gasteiger charge is 2.10. The number of ether oxygens (including phenoxy) is 1. The maximum absolute atomic E-state index is 13.5. The summed E-state index contributed by atoms with van der Waals surface area (Å²) in [4.78, 5) is 2.29. The Kier molecular flexibility index (Phi) is 4.59. The van der Waals surface area contributed by atoms with E-state index < -0.39 is 0 Å². The largest absolute Gasteiger partial charge is 0.381 e. The summed E-state index contributed by atoms with van der Waals surface area (Å²) in [6.07, 6.45) is 0. The molecule has 1 N–H and O–H groups in total. The van der Waals surface area contributed by atoms with Crippen molar-refractivity contribution in [3.05, 3.63) is 29.0 Å². The summed E-state index contributed by atoms with van der Waals surface area (Å²) in [5.74, 6) is -0.379. The van der Waals surface area contributed by atoms with Gasteiger partial charge in [0.15, 0.2) is 5.82 Å². The molecule has 0 atom stereocenters. The van der Waals surface area contributed by atoms with Crippen molar-refractivity contribution in [2.75, 3.05) is 44.7 Å². The van der Waals surface area contributed by atoms with Crippen molar-refractivity contribution < 1.29 is 9.13 Å². The Morgan fingerprint density at radius 2 is 2.12 bits per heavy atom. The van der Waals surface area contributed by atoms with Gasteiger partial charge in [-0.1, -0.05) is 17.7 Å². The molecule has 1 aliphatic heterocycles. The molecule has 94 valence electrons. The predicted molar refractivity (Wildman–Crippen MR) is 67.2 cm³/mol. The fourth-order valence-corrected chi connectivity index (χ4v) is 1.99. The summed E-state index contributed by atoms with van der Waals surface area (Å²) in [5.41, 5.74) is 0.464. The Bertz CT molecular complexity index is 370. The SMILES string of the molecule is Fc1c(Cl)cccc1NCCN1CCOCC1. The molecule has 0 unspecified atom stereocenters. The fourth-order valence-electron chi connectivity index (χ4n) is 1.81. The highest BCUT2D eigenvalue weighted by Crippen LogP contribution is 2.21. The molecule has 0 spiro atoms. The summed E-state index contributed by atoms with van der Waals surface area (Å²) in [6, 6.07) is 4.98. The second kappa shape index (κ2) is 6.19. The first-order chi connectivity index (χ1) is 8.27. The molecule has 1 fully saturated rings. The van der Waals surface area contributed by atoms with Gasteiger partial charge in [0.25, 0.3) is 0 Å². The van der Waals surface area contributed by atoms with Crippen molar-refractivity contribution in [1.29, 1.82) is 0 Å². The zero-order valence-electron chi connectivity index (χ0n) is 9.59. The van der Waals surface area contributed by atoms with Gasteiger partial charge in [0.1, 0.15) is 0 Å². The van der Waals surface area contributed by atoms with Gasteiger partial charge in [-0.25, -0.2) is 4.39 Å². The summed E-state index contributed by atoms with van der Waals surface area (Å²) < 4.78 is 18.8. The third kappa shape index (κ3) is 3.56. The van der Waals surface area contributed by atoms with E-state index in [0.29, 0.717) is 12.2 Å². The lowest BCUT2D eigenvalue weighted by molar-refractivity contribution is 0.0398. The van der Waals surface area contributed by atoms with Crippen LogP contribution < -0.4 is 5.32 Å². The van der Waals surface area contributed by atoms with Crippen LogP contribution in [0.15, 0.2) is 18.2 Å². The van der Waals surface area contributed by atoms with Crippen molar-refractivity contribution in [2.45, 2.75) is 0 Å². The predicted octanol–water partition coefficient (Wildman–Crippen LogP) is 2.22. The van der Waals surface area contributed by atoms with Crippen LogP contribution in [0.25, 0.3) is 0 Å². The molecule has 0 saturated carbocycles. The minimum absolute atomic E-state index is 0.154. The average Bonchev–Trinajstić information content (AvgIpc) is 2.36. The Morgan fingerprint density at radius 1 is 1.35 bits per heavy atom. The quantitative estimate of drug-likeness (QED) is 0.896. The topological polar surface area (TPSA) is 24.5 Å². The van der Waals surface area contributed by atoms with E-state index in [9.17, 15) is 4.39 Å². The van der Waals surface area contributed by atoms with Gasteiger partial charge < -0.3 is 10.1 Å². The van der Waals surface area contributed by atoms with E-state index in [0.717, 1.165) is 32.8 Å². The van der Waals surface area contributed by atoms with Crippen LogP contribution in [0.5, 0.6) is 0 Å². The molecular formula is C12H16ClFN2O. The number of morpholine rings is 1. The fraction of sp³-hybridized carbons (Fsp3) is 0.500. The van der Waals surface area contributed by atoms with E-state index in [2.05, 4.69) is 10.2 Å². The minimum atomic E-state index is -0.379. The second-order valence-electron chi connectivity index (χ2n) is 3.98. The molecule has 0 aromatic heterocycles. The third-order valence-electron chi connectivity index (χ3n) is 2.80. The molecule has 0 aliphatic carbocycles. The van der Waals surface area contributed by atoms with Crippen LogP contribution in [-0.4, -0.2) is 44.3 Å². The normalized spacial score (nSPS) is 17.1. The van der Waals surface area contributed by atoms with Crippen LogP contribution >= 0.6 is 11.6 Å². The Morgan fingerprint density at radius 3 is 2.88 bits per heavy atom. The molecule has 1 saturated heterocycles. The number of halogens is 2.